The number of aromatic nitrogens is 2. The highest BCUT2D eigenvalue weighted by molar-refractivity contribution is 5.66. The van der Waals surface area contributed by atoms with Gasteiger partial charge in [-0.05, 0) is 52.8 Å². The van der Waals surface area contributed by atoms with Gasteiger partial charge in [0.15, 0.2) is 0 Å². The minimum absolute atomic E-state index is 0.146. The molecule has 0 atom stereocenters. The van der Waals surface area contributed by atoms with E-state index in [0.717, 1.165) is 30.5 Å². The molecule has 0 radical (unpaired) electrons. The van der Waals surface area contributed by atoms with Crippen LogP contribution >= 0.6 is 0 Å². The van der Waals surface area contributed by atoms with Crippen LogP contribution in [0.1, 0.15) is 16.7 Å². The predicted octanol–water partition coefficient (Wildman–Crippen LogP) is 3.80. The monoisotopic (exact) mass is 397 g/mol. The van der Waals surface area contributed by atoms with Crippen molar-refractivity contribution in [2.45, 2.75) is 25.4 Å². The van der Waals surface area contributed by atoms with Crippen LogP contribution in [0.3, 0.4) is 0 Å². The molecule has 5 rings (SSSR count). The van der Waals surface area contributed by atoms with Gasteiger partial charge in [0.25, 0.3) is 0 Å². The Kier molecular flexibility index (Phi) is 4.73. The molecule has 5 nitrogen and oxygen atoms in total. The Balaban J connectivity index is 1.27. The number of aromatic hydroxyl groups is 1. The van der Waals surface area contributed by atoms with E-state index in [0.29, 0.717) is 11.7 Å². The fourth-order valence-corrected chi connectivity index (χ4v) is 4.19. The average molecular weight is 397 g/mol. The van der Waals surface area contributed by atoms with Gasteiger partial charge in [0.2, 0.25) is 5.88 Å². The molecule has 3 aromatic carbocycles. The van der Waals surface area contributed by atoms with E-state index in [-0.39, 0.29) is 11.6 Å². The van der Waals surface area contributed by atoms with E-state index in [9.17, 15) is 9.90 Å². The van der Waals surface area contributed by atoms with Crippen LogP contribution in [0.2, 0.25) is 0 Å². The van der Waals surface area contributed by atoms with Crippen molar-refractivity contribution in [3.8, 4) is 22.7 Å². The molecule has 0 saturated heterocycles. The van der Waals surface area contributed by atoms with E-state index in [1.807, 2.05) is 24.3 Å². The van der Waals surface area contributed by atoms with Crippen molar-refractivity contribution in [3.05, 3.63) is 106 Å². The Hall–Kier alpha value is -3.57. The molecule has 0 unspecified atom stereocenters. The number of nitrogens with one attached hydrogen (secondary N) is 2. The van der Waals surface area contributed by atoms with Crippen molar-refractivity contribution in [1.29, 1.82) is 0 Å². The van der Waals surface area contributed by atoms with E-state index < -0.39 is 0 Å². The highest BCUT2D eigenvalue weighted by Gasteiger charge is 2.20. The maximum Gasteiger partial charge on any atom is 0.332 e. The van der Waals surface area contributed by atoms with Gasteiger partial charge < -0.3 is 10.4 Å². The summed E-state index contributed by atoms with van der Waals surface area (Å²) in [5.74, 6) is -0.146. The lowest BCUT2D eigenvalue weighted by Gasteiger charge is -2.12. The fourth-order valence-electron chi connectivity index (χ4n) is 4.19. The van der Waals surface area contributed by atoms with Crippen LogP contribution in [0.25, 0.3) is 16.8 Å². The molecular formula is C25H23N3O2. The number of imidazole rings is 1. The summed E-state index contributed by atoms with van der Waals surface area (Å²) >= 11 is 0. The highest BCUT2D eigenvalue weighted by atomic mass is 16.3. The summed E-state index contributed by atoms with van der Waals surface area (Å²) in [6.45, 7) is 0.844. The van der Waals surface area contributed by atoms with Crippen molar-refractivity contribution in [1.82, 2.24) is 14.9 Å². The summed E-state index contributed by atoms with van der Waals surface area (Å²) in [4.78, 5) is 14.3. The van der Waals surface area contributed by atoms with Crippen LogP contribution in [0.4, 0.5) is 0 Å². The van der Waals surface area contributed by atoms with Crippen LogP contribution < -0.4 is 11.0 Å². The Morgan fingerprint density at radius 2 is 1.67 bits per heavy atom. The van der Waals surface area contributed by atoms with Crippen LogP contribution in [0.15, 0.2) is 83.8 Å². The summed E-state index contributed by atoms with van der Waals surface area (Å²) in [7, 11) is 0. The maximum absolute atomic E-state index is 11.9. The first kappa shape index (κ1) is 18.5. The van der Waals surface area contributed by atoms with Crippen LogP contribution in [-0.4, -0.2) is 20.7 Å². The second-order valence-electron chi connectivity index (χ2n) is 7.82. The summed E-state index contributed by atoms with van der Waals surface area (Å²) in [6, 6.07) is 25.4. The van der Waals surface area contributed by atoms with Crippen LogP contribution in [0.5, 0.6) is 5.88 Å². The quantitative estimate of drug-likeness (QED) is 0.480. The Morgan fingerprint density at radius 3 is 2.33 bits per heavy atom. The molecule has 5 heteroatoms. The average Bonchev–Trinajstić information content (AvgIpc) is 3.34. The zero-order chi connectivity index (χ0) is 20.5. The van der Waals surface area contributed by atoms with Gasteiger partial charge in [-0.2, -0.15) is 0 Å². The molecule has 1 heterocycles. The van der Waals surface area contributed by atoms with Gasteiger partial charge >= 0.3 is 5.69 Å². The Bertz CT molecular complexity index is 1210. The lowest BCUT2D eigenvalue weighted by atomic mass is 10.0. The number of aromatic amines is 1. The maximum atomic E-state index is 11.9. The topological polar surface area (TPSA) is 70.0 Å². The number of benzene rings is 3. The smallest absolute Gasteiger partial charge is 0.332 e. The molecule has 0 amide bonds. The number of hydrogen-bond acceptors (Lipinski definition) is 3. The zero-order valence-corrected chi connectivity index (χ0v) is 16.5. The standard InChI is InChI=1S/C25H23N3O2/c29-24-16-28(25(30)27-24)23-7-3-6-21(14-23)18-10-8-17(9-11-18)15-26-22-12-19-4-1-2-5-20(19)13-22/h1-11,14,16,22,26,29H,12-13,15H2,(H,27,30). The number of H-pyrrole nitrogens is 1. The summed E-state index contributed by atoms with van der Waals surface area (Å²) in [5.41, 5.74) is 6.62. The second-order valence-corrected chi connectivity index (χ2v) is 7.82. The molecule has 0 bridgehead atoms. The number of rotatable bonds is 5. The van der Waals surface area contributed by atoms with Gasteiger partial charge in [-0.25, -0.2) is 4.79 Å². The predicted molar refractivity (Wildman–Crippen MR) is 118 cm³/mol. The molecule has 4 aromatic rings. The third-order valence-corrected chi connectivity index (χ3v) is 5.76. The van der Waals surface area contributed by atoms with Crippen LogP contribution in [0, 0.1) is 0 Å². The summed E-state index contributed by atoms with van der Waals surface area (Å²) in [6.07, 6.45) is 3.57. The Labute approximate surface area is 174 Å². The van der Waals surface area contributed by atoms with E-state index in [1.54, 1.807) is 0 Å². The van der Waals surface area contributed by atoms with Crippen molar-refractivity contribution in [2.75, 3.05) is 0 Å². The zero-order valence-electron chi connectivity index (χ0n) is 16.5. The summed E-state index contributed by atoms with van der Waals surface area (Å²) in [5, 5.41) is 13.2. The summed E-state index contributed by atoms with van der Waals surface area (Å²) < 4.78 is 1.40. The molecular weight excluding hydrogens is 374 g/mol. The highest BCUT2D eigenvalue weighted by Crippen LogP contribution is 2.24. The molecule has 0 aliphatic heterocycles. The largest absolute Gasteiger partial charge is 0.493 e. The minimum Gasteiger partial charge on any atom is -0.493 e. The van der Waals surface area contributed by atoms with Crippen molar-refractivity contribution >= 4 is 0 Å². The van der Waals surface area contributed by atoms with Gasteiger partial charge in [-0.15, -0.1) is 0 Å². The third-order valence-electron chi connectivity index (χ3n) is 5.76. The molecule has 1 aliphatic rings. The fraction of sp³-hybridized carbons (Fsp3) is 0.160. The Morgan fingerprint density at radius 1 is 0.933 bits per heavy atom. The van der Waals surface area contributed by atoms with Crippen molar-refractivity contribution in [3.63, 3.8) is 0 Å². The van der Waals surface area contributed by atoms with E-state index in [4.69, 9.17) is 0 Å². The second kappa shape index (κ2) is 7.69. The molecule has 150 valence electrons. The molecule has 0 saturated carbocycles. The lowest BCUT2D eigenvalue weighted by Crippen LogP contribution is -2.28. The minimum atomic E-state index is -0.361. The van der Waals surface area contributed by atoms with Crippen LogP contribution in [-0.2, 0) is 19.4 Å². The number of fused-ring (bicyclic) bond motifs is 1. The first-order valence-corrected chi connectivity index (χ1v) is 10.2. The molecule has 0 fully saturated rings. The molecule has 1 aliphatic carbocycles. The van der Waals surface area contributed by atoms with Gasteiger partial charge in [0, 0.05) is 12.6 Å². The first-order valence-electron chi connectivity index (χ1n) is 10.2. The molecule has 30 heavy (non-hydrogen) atoms. The molecule has 3 N–H and O–H groups in total. The van der Waals surface area contributed by atoms with Gasteiger partial charge in [-0.1, -0.05) is 60.7 Å². The molecule has 1 aromatic heterocycles. The molecule has 0 spiro atoms. The van der Waals surface area contributed by atoms with Gasteiger partial charge in [0.1, 0.15) is 0 Å². The van der Waals surface area contributed by atoms with Crippen molar-refractivity contribution in [2.24, 2.45) is 0 Å². The third kappa shape index (κ3) is 3.67. The normalized spacial score (nSPS) is 13.5. The SMILES string of the molecule is O=c1[nH]c(O)cn1-c1cccc(-c2ccc(CNC3Cc4ccccc4C3)cc2)c1. The van der Waals surface area contributed by atoms with E-state index in [1.165, 1.54) is 27.5 Å². The first-order chi connectivity index (χ1) is 14.7. The number of hydrogen-bond donors (Lipinski definition) is 3. The van der Waals surface area contributed by atoms with E-state index >= 15 is 0 Å². The van der Waals surface area contributed by atoms with Crippen molar-refractivity contribution < 1.29 is 5.11 Å². The van der Waals surface area contributed by atoms with Gasteiger partial charge in [-0.3, -0.25) is 9.55 Å². The lowest BCUT2D eigenvalue weighted by molar-refractivity contribution is 0.455. The number of nitrogens with zero attached hydrogens (tertiary/aromatic N) is 1. The van der Waals surface area contributed by atoms with E-state index in [2.05, 4.69) is 58.8 Å². The van der Waals surface area contributed by atoms with Gasteiger partial charge in [0.05, 0.1) is 11.9 Å².